The van der Waals surface area contributed by atoms with Crippen LogP contribution in [0.4, 0.5) is 8.78 Å². The predicted molar refractivity (Wildman–Crippen MR) is 151 cm³/mol. The van der Waals surface area contributed by atoms with Crippen molar-refractivity contribution in [3.05, 3.63) is 100 Å². The van der Waals surface area contributed by atoms with Gasteiger partial charge >= 0.3 is 0 Å². The Bertz CT molecular complexity index is 1610. The average Bonchev–Trinajstić information content (AvgIpc) is 3.53. The molecular formula is C31H28ClF2N3O4. The number of fused-ring (bicyclic) bond motifs is 1. The van der Waals surface area contributed by atoms with Crippen molar-refractivity contribution in [3.63, 3.8) is 0 Å². The van der Waals surface area contributed by atoms with Gasteiger partial charge in [0.1, 0.15) is 30.9 Å². The van der Waals surface area contributed by atoms with E-state index in [0.29, 0.717) is 23.3 Å². The number of primary amides is 1. The fraction of sp³-hybridized carbons (Fsp3) is 0.258. The summed E-state index contributed by atoms with van der Waals surface area (Å²) in [5.41, 5.74) is 7.60. The molecule has 1 aliphatic heterocycles. The summed E-state index contributed by atoms with van der Waals surface area (Å²) in [6, 6.07) is 18.3. The molecule has 2 atom stereocenters. The van der Waals surface area contributed by atoms with Crippen LogP contribution in [-0.4, -0.2) is 45.8 Å². The van der Waals surface area contributed by atoms with E-state index in [9.17, 15) is 23.2 Å². The monoisotopic (exact) mass is 579 g/mol. The standard InChI is InChI=1S/C31H28ClF2N3O4/c32-25-8-4-7-20(30(25)34)9-12-28(38)27-13-21(33)15-37(27)29(39)17-36-16-24(31(35)40)23-11-10-22(14-26(23)36)41-18-19-5-2-1-3-6-19/h1-8,10-11,14,16,21,27H,9,12-13,15,17-18H2,(H2,35,40)/t21-,27+/m1/s1. The van der Waals surface area contributed by atoms with E-state index < -0.39 is 29.8 Å². The molecule has 1 aliphatic rings. The van der Waals surface area contributed by atoms with Gasteiger partial charge in [-0.15, -0.1) is 0 Å². The molecule has 0 bridgehead atoms. The second kappa shape index (κ2) is 12.1. The molecule has 1 saturated heterocycles. The molecule has 0 unspecified atom stereocenters. The summed E-state index contributed by atoms with van der Waals surface area (Å²) in [6.07, 6.45) is -0.00121. The van der Waals surface area contributed by atoms with E-state index in [1.54, 1.807) is 28.8 Å². The van der Waals surface area contributed by atoms with Crippen LogP contribution in [-0.2, 0) is 29.2 Å². The van der Waals surface area contributed by atoms with Gasteiger partial charge < -0.3 is 19.9 Å². The maximum absolute atomic E-state index is 14.5. The Labute approximate surface area is 240 Å². The lowest BCUT2D eigenvalue weighted by atomic mass is 10.0. The number of nitrogens with two attached hydrogens (primary N) is 1. The van der Waals surface area contributed by atoms with Gasteiger partial charge in [-0.3, -0.25) is 14.4 Å². The molecule has 2 N–H and O–H groups in total. The first kappa shape index (κ1) is 28.3. The van der Waals surface area contributed by atoms with Crippen molar-refractivity contribution >= 4 is 40.1 Å². The minimum Gasteiger partial charge on any atom is -0.489 e. The zero-order valence-corrected chi connectivity index (χ0v) is 22.8. The highest BCUT2D eigenvalue weighted by Gasteiger charge is 2.39. The van der Waals surface area contributed by atoms with Crippen molar-refractivity contribution in [2.75, 3.05) is 6.54 Å². The number of rotatable bonds is 10. The maximum atomic E-state index is 14.5. The van der Waals surface area contributed by atoms with Crippen LogP contribution < -0.4 is 10.5 Å². The molecule has 0 radical (unpaired) electrons. The third-order valence-electron chi connectivity index (χ3n) is 7.29. The van der Waals surface area contributed by atoms with Crippen LogP contribution in [0.5, 0.6) is 5.75 Å². The summed E-state index contributed by atoms with van der Waals surface area (Å²) in [5.74, 6) is -1.58. The van der Waals surface area contributed by atoms with Gasteiger partial charge in [0.25, 0.3) is 5.91 Å². The zero-order valence-electron chi connectivity index (χ0n) is 22.1. The lowest BCUT2D eigenvalue weighted by Gasteiger charge is -2.24. The molecule has 7 nitrogen and oxygen atoms in total. The number of aryl methyl sites for hydroxylation is 1. The minimum atomic E-state index is -1.36. The smallest absolute Gasteiger partial charge is 0.250 e. The maximum Gasteiger partial charge on any atom is 0.250 e. The highest BCUT2D eigenvalue weighted by molar-refractivity contribution is 6.30. The van der Waals surface area contributed by atoms with Crippen molar-refractivity contribution in [3.8, 4) is 5.75 Å². The topological polar surface area (TPSA) is 94.6 Å². The van der Waals surface area contributed by atoms with Gasteiger partial charge in [0.05, 0.1) is 28.7 Å². The SMILES string of the molecule is NC(=O)c1cn(CC(=O)N2C[C@H](F)C[C@H]2C(=O)CCc2cccc(Cl)c2F)c2cc(OCc3ccccc3)ccc12. The number of hydrogen-bond acceptors (Lipinski definition) is 4. The minimum absolute atomic E-state index is 0.0423. The molecule has 10 heteroatoms. The molecule has 2 heterocycles. The number of aromatic nitrogens is 1. The summed E-state index contributed by atoms with van der Waals surface area (Å²) in [5, 5.41) is 0.498. The number of alkyl halides is 1. The van der Waals surface area contributed by atoms with Crippen LogP contribution in [0.3, 0.4) is 0 Å². The van der Waals surface area contributed by atoms with Crippen LogP contribution in [0.1, 0.15) is 34.3 Å². The van der Waals surface area contributed by atoms with E-state index in [4.69, 9.17) is 22.1 Å². The van der Waals surface area contributed by atoms with Gasteiger partial charge in [-0.25, -0.2) is 8.78 Å². The molecule has 5 rings (SSSR count). The van der Waals surface area contributed by atoms with Gasteiger partial charge in [-0.2, -0.15) is 0 Å². The summed E-state index contributed by atoms with van der Waals surface area (Å²) in [7, 11) is 0. The number of ketones is 1. The second-order valence-corrected chi connectivity index (χ2v) is 10.5. The highest BCUT2D eigenvalue weighted by Crippen LogP contribution is 2.29. The molecule has 0 spiro atoms. The molecule has 0 saturated carbocycles. The van der Waals surface area contributed by atoms with E-state index in [-0.39, 0.29) is 54.3 Å². The highest BCUT2D eigenvalue weighted by atomic mass is 35.5. The Morgan fingerprint density at radius 1 is 1.05 bits per heavy atom. The first-order valence-corrected chi connectivity index (χ1v) is 13.6. The van der Waals surface area contributed by atoms with Crippen molar-refractivity contribution < 1.29 is 27.9 Å². The number of carbonyl (C=O) groups is 3. The molecule has 212 valence electrons. The van der Waals surface area contributed by atoms with Gasteiger partial charge in [0.15, 0.2) is 5.78 Å². The lowest BCUT2D eigenvalue weighted by molar-refractivity contribution is -0.138. The van der Waals surface area contributed by atoms with Crippen molar-refractivity contribution in [1.29, 1.82) is 0 Å². The van der Waals surface area contributed by atoms with Crippen LogP contribution in [0, 0.1) is 5.82 Å². The van der Waals surface area contributed by atoms with Crippen molar-refractivity contribution in [2.45, 2.75) is 44.6 Å². The van der Waals surface area contributed by atoms with Gasteiger partial charge in [-0.1, -0.05) is 54.1 Å². The number of Topliss-reactive ketones (excluding diaryl/α,β-unsaturated/α-hetero) is 1. The Kier molecular flexibility index (Phi) is 8.35. The first-order valence-electron chi connectivity index (χ1n) is 13.2. The van der Waals surface area contributed by atoms with Gasteiger partial charge in [0, 0.05) is 30.5 Å². The molecule has 41 heavy (non-hydrogen) atoms. The molecule has 0 aliphatic carbocycles. The van der Waals surface area contributed by atoms with E-state index in [0.717, 1.165) is 5.56 Å². The number of likely N-dealkylation sites (tertiary alicyclic amines) is 1. The van der Waals surface area contributed by atoms with Crippen LogP contribution in [0.15, 0.2) is 72.9 Å². The quantitative estimate of drug-likeness (QED) is 0.278. The first-order chi connectivity index (χ1) is 19.7. The van der Waals surface area contributed by atoms with Crippen molar-refractivity contribution in [1.82, 2.24) is 9.47 Å². The third kappa shape index (κ3) is 6.25. The number of halogens is 3. The molecule has 4 aromatic rings. The van der Waals surface area contributed by atoms with Gasteiger partial charge in [0.2, 0.25) is 5.91 Å². The van der Waals surface area contributed by atoms with E-state index >= 15 is 0 Å². The second-order valence-electron chi connectivity index (χ2n) is 10.1. The Morgan fingerprint density at radius 2 is 1.83 bits per heavy atom. The molecule has 2 amide bonds. The van der Waals surface area contributed by atoms with Crippen LogP contribution >= 0.6 is 11.6 Å². The Hall–Kier alpha value is -4.24. The van der Waals surface area contributed by atoms with Crippen LogP contribution in [0.25, 0.3) is 10.9 Å². The average molecular weight is 580 g/mol. The van der Waals surface area contributed by atoms with Gasteiger partial charge in [-0.05, 0) is 35.7 Å². The number of nitrogens with zero attached hydrogens (tertiary/aromatic N) is 2. The fourth-order valence-electron chi connectivity index (χ4n) is 5.20. The molecular weight excluding hydrogens is 552 g/mol. The summed E-state index contributed by atoms with van der Waals surface area (Å²) in [4.78, 5) is 39.9. The third-order valence-corrected chi connectivity index (χ3v) is 7.58. The molecule has 1 aromatic heterocycles. The van der Waals surface area contributed by atoms with E-state index in [2.05, 4.69) is 0 Å². The zero-order chi connectivity index (χ0) is 29.1. The van der Waals surface area contributed by atoms with Crippen molar-refractivity contribution in [2.24, 2.45) is 5.73 Å². The summed E-state index contributed by atoms with van der Waals surface area (Å²) >= 11 is 5.83. The number of ether oxygens (including phenoxy) is 1. The fourth-order valence-corrected chi connectivity index (χ4v) is 5.39. The largest absolute Gasteiger partial charge is 0.489 e. The summed E-state index contributed by atoms with van der Waals surface area (Å²) in [6.45, 7) is -0.150. The molecule has 1 fully saturated rings. The molecule has 3 aromatic carbocycles. The van der Waals surface area contributed by atoms with E-state index in [1.807, 2.05) is 30.3 Å². The Morgan fingerprint density at radius 3 is 2.59 bits per heavy atom. The summed E-state index contributed by atoms with van der Waals surface area (Å²) < 4.78 is 36.2. The number of benzene rings is 3. The lowest BCUT2D eigenvalue weighted by Crippen LogP contribution is -2.42. The Balaban J connectivity index is 1.33. The normalized spacial score (nSPS) is 16.7. The number of amides is 2. The predicted octanol–water partition coefficient (Wildman–Crippen LogP) is 5.25. The number of hydrogen-bond donors (Lipinski definition) is 1. The number of carbonyl (C=O) groups excluding carboxylic acids is 3. The van der Waals surface area contributed by atoms with E-state index in [1.165, 1.54) is 23.2 Å². The van der Waals surface area contributed by atoms with Crippen LogP contribution in [0.2, 0.25) is 5.02 Å².